The lowest BCUT2D eigenvalue weighted by molar-refractivity contribution is 0.322. The summed E-state index contributed by atoms with van der Waals surface area (Å²) in [6.07, 6.45) is 0.854. The van der Waals surface area contributed by atoms with E-state index in [0.29, 0.717) is 12.4 Å². The van der Waals surface area contributed by atoms with Crippen molar-refractivity contribution >= 4 is 0 Å². The number of aryl methyl sites for hydroxylation is 1. The number of aromatic nitrogens is 3. The highest BCUT2D eigenvalue weighted by Gasteiger charge is 2.10. The first-order chi connectivity index (χ1) is 11.1. The second-order valence-electron chi connectivity index (χ2n) is 5.40. The van der Waals surface area contributed by atoms with Gasteiger partial charge in [0.05, 0.1) is 6.61 Å². The first-order valence-electron chi connectivity index (χ1n) is 7.52. The van der Waals surface area contributed by atoms with Gasteiger partial charge in [0.2, 0.25) is 0 Å². The molecule has 2 aromatic carbocycles. The van der Waals surface area contributed by atoms with E-state index in [1.54, 1.807) is 14.1 Å². The molecule has 0 N–H and O–H groups in total. The summed E-state index contributed by atoms with van der Waals surface area (Å²) in [4.78, 5) is 11.8. The van der Waals surface area contributed by atoms with Crippen molar-refractivity contribution in [1.82, 2.24) is 14.3 Å². The van der Waals surface area contributed by atoms with Gasteiger partial charge in [-0.25, -0.2) is 9.48 Å². The molecule has 0 saturated heterocycles. The summed E-state index contributed by atoms with van der Waals surface area (Å²) in [7, 11) is 3.36. The summed E-state index contributed by atoms with van der Waals surface area (Å²) in [5, 5.41) is 4.26. The fourth-order valence-electron chi connectivity index (χ4n) is 2.47. The second kappa shape index (κ2) is 6.52. The minimum absolute atomic E-state index is 0.143. The van der Waals surface area contributed by atoms with Gasteiger partial charge in [-0.1, -0.05) is 42.5 Å². The number of ether oxygens (including phenoxy) is 1. The maximum absolute atomic E-state index is 11.8. The zero-order valence-corrected chi connectivity index (χ0v) is 13.3. The van der Waals surface area contributed by atoms with E-state index >= 15 is 0 Å². The minimum atomic E-state index is -0.143. The molecule has 0 bridgehead atoms. The van der Waals surface area contributed by atoms with Gasteiger partial charge in [0.15, 0.2) is 5.82 Å². The monoisotopic (exact) mass is 309 g/mol. The van der Waals surface area contributed by atoms with Crippen LogP contribution in [0.25, 0.3) is 11.4 Å². The summed E-state index contributed by atoms with van der Waals surface area (Å²) in [5.74, 6) is 1.41. The van der Waals surface area contributed by atoms with Gasteiger partial charge in [0.25, 0.3) is 0 Å². The number of hydrogen-bond acceptors (Lipinski definition) is 3. The molecule has 0 fully saturated rings. The summed E-state index contributed by atoms with van der Waals surface area (Å²) in [5.41, 5.74) is 1.97. The fraction of sp³-hybridized carbons (Fsp3) is 0.222. The molecule has 3 rings (SSSR count). The molecule has 118 valence electrons. The highest BCUT2D eigenvalue weighted by molar-refractivity contribution is 5.57. The Balaban J connectivity index is 1.72. The lowest BCUT2D eigenvalue weighted by Gasteiger charge is -2.08. The normalized spacial score (nSPS) is 10.7. The smallest absolute Gasteiger partial charge is 0.345 e. The Hall–Kier alpha value is -2.82. The maximum Gasteiger partial charge on any atom is 0.345 e. The van der Waals surface area contributed by atoms with Crippen molar-refractivity contribution in [2.45, 2.75) is 6.42 Å². The lowest BCUT2D eigenvalue weighted by atomic mass is 10.2. The van der Waals surface area contributed by atoms with Crippen LogP contribution in [0.4, 0.5) is 0 Å². The second-order valence-corrected chi connectivity index (χ2v) is 5.40. The molecular formula is C18H19N3O2. The molecule has 0 radical (unpaired) electrons. The van der Waals surface area contributed by atoms with Crippen LogP contribution in [0.15, 0.2) is 59.4 Å². The first-order valence-corrected chi connectivity index (χ1v) is 7.52. The molecule has 5 nitrogen and oxygen atoms in total. The zero-order valence-electron chi connectivity index (χ0n) is 13.3. The van der Waals surface area contributed by atoms with Crippen LogP contribution in [0.3, 0.4) is 0 Å². The van der Waals surface area contributed by atoms with Crippen LogP contribution in [0, 0.1) is 0 Å². The Kier molecular flexibility index (Phi) is 4.28. The minimum Gasteiger partial charge on any atom is -0.493 e. The SMILES string of the molecule is Cn1nc(-c2cccc(OCCc3ccccc3)c2)n(C)c1=O. The Morgan fingerprint density at radius 1 is 1.04 bits per heavy atom. The van der Waals surface area contributed by atoms with Gasteiger partial charge in [0.1, 0.15) is 5.75 Å². The summed E-state index contributed by atoms with van der Waals surface area (Å²) >= 11 is 0. The van der Waals surface area contributed by atoms with E-state index < -0.39 is 0 Å². The van der Waals surface area contributed by atoms with Gasteiger partial charge in [-0.05, 0) is 17.7 Å². The Morgan fingerprint density at radius 2 is 1.83 bits per heavy atom. The van der Waals surface area contributed by atoms with Gasteiger partial charge in [-0.2, -0.15) is 0 Å². The van der Waals surface area contributed by atoms with Gasteiger partial charge in [0, 0.05) is 26.1 Å². The topological polar surface area (TPSA) is 49.0 Å². The molecule has 1 aromatic heterocycles. The molecule has 23 heavy (non-hydrogen) atoms. The largest absolute Gasteiger partial charge is 0.493 e. The van der Waals surface area contributed by atoms with E-state index in [0.717, 1.165) is 17.7 Å². The molecule has 0 amide bonds. The standard InChI is InChI=1S/C18H19N3O2/c1-20-17(19-21(2)18(20)22)15-9-6-10-16(13-15)23-12-11-14-7-4-3-5-8-14/h3-10,13H,11-12H2,1-2H3. The van der Waals surface area contributed by atoms with E-state index in [-0.39, 0.29) is 5.69 Å². The zero-order chi connectivity index (χ0) is 16.2. The third kappa shape index (κ3) is 3.34. The van der Waals surface area contributed by atoms with Crippen molar-refractivity contribution in [2.75, 3.05) is 6.61 Å². The van der Waals surface area contributed by atoms with E-state index in [4.69, 9.17) is 4.74 Å². The number of rotatable bonds is 5. The van der Waals surface area contributed by atoms with E-state index in [9.17, 15) is 4.79 Å². The highest BCUT2D eigenvalue weighted by Crippen LogP contribution is 2.21. The molecule has 0 atom stereocenters. The van der Waals surface area contributed by atoms with Gasteiger partial charge in [-0.15, -0.1) is 5.10 Å². The van der Waals surface area contributed by atoms with Crippen LogP contribution in [0.1, 0.15) is 5.56 Å². The molecule has 0 unspecified atom stereocenters. The predicted octanol–water partition coefficient (Wildman–Crippen LogP) is 2.41. The molecule has 0 saturated carbocycles. The average Bonchev–Trinajstić information content (AvgIpc) is 2.84. The molecule has 0 aliphatic rings. The van der Waals surface area contributed by atoms with Crippen LogP contribution in [0.2, 0.25) is 0 Å². The van der Waals surface area contributed by atoms with Gasteiger partial charge < -0.3 is 4.74 Å². The predicted molar refractivity (Wildman–Crippen MR) is 89.5 cm³/mol. The van der Waals surface area contributed by atoms with E-state index in [1.165, 1.54) is 14.8 Å². The van der Waals surface area contributed by atoms with Crippen LogP contribution in [-0.4, -0.2) is 21.0 Å². The van der Waals surface area contributed by atoms with Gasteiger partial charge in [-0.3, -0.25) is 4.57 Å². The quantitative estimate of drug-likeness (QED) is 0.727. The van der Waals surface area contributed by atoms with Crippen molar-refractivity contribution in [3.8, 4) is 17.1 Å². The molecule has 1 heterocycles. The number of nitrogens with zero attached hydrogens (tertiary/aromatic N) is 3. The lowest BCUT2D eigenvalue weighted by Crippen LogP contribution is -2.20. The van der Waals surface area contributed by atoms with Crippen molar-refractivity contribution in [3.05, 3.63) is 70.6 Å². The molecular weight excluding hydrogens is 290 g/mol. The van der Waals surface area contributed by atoms with Crippen LogP contribution in [-0.2, 0) is 20.5 Å². The fourth-order valence-corrected chi connectivity index (χ4v) is 2.47. The molecule has 3 aromatic rings. The average molecular weight is 309 g/mol. The van der Waals surface area contributed by atoms with Crippen molar-refractivity contribution in [3.63, 3.8) is 0 Å². The Labute approximate surface area is 134 Å². The first kappa shape index (κ1) is 15.1. The summed E-state index contributed by atoms with van der Waals surface area (Å²) < 4.78 is 8.69. The third-order valence-electron chi connectivity index (χ3n) is 3.72. The van der Waals surface area contributed by atoms with Crippen molar-refractivity contribution in [1.29, 1.82) is 0 Å². The van der Waals surface area contributed by atoms with Crippen LogP contribution in [0.5, 0.6) is 5.75 Å². The molecule has 5 heteroatoms. The van der Waals surface area contributed by atoms with Crippen molar-refractivity contribution < 1.29 is 4.74 Å². The number of benzene rings is 2. The van der Waals surface area contributed by atoms with Crippen molar-refractivity contribution in [2.24, 2.45) is 14.1 Å². The third-order valence-corrected chi connectivity index (χ3v) is 3.72. The molecule has 0 spiro atoms. The molecule has 0 aliphatic carbocycles. The highest BCUT2D eigenvalue weighted by atomic mass is 16.5. The van der Waals surface area contributed by atoms with E-state index in [2.05, 4.69) is 17.2 Å². The van der Waals surface area contributed by atoms with E-state index in [1.807, 2.05) is 42.5 Å². The summed E-state index contributed by atoms with van der Waals surface area (Å²) in [6, 6.07) is 17.9. The molecule has 0 aliphatic heterocycles. The van der Waals surface area contributed by atoms with Crippen LogP contribution >= 0.6 is 0 Å². The summed E-state index contributed by atoms with van der Waals surface area (Å²) in [6.45, 7) is 0.606. The van der Waals surface area contributed by atoms with Gasteiger partial charge >= 0.3 is 5.69 Å². The Morgan fingerprint density at radius 3 is 2.52 bits per heavy atom. The number of hydrogen-bond donors (Lipinski definition) is 0. The van der Waals surface area contributed by atoms with Crippen LogP contribution < -0.4 is 10.4 Å². The maximum atomic E-state index is 11.8. The Bertz CT molecular complexity index is 850.